The minimum Gasteiger partial charge on any atom is -0.492 e. The Kier molecular flexibility index (Phi) is 8.32. The third-order valence-electron chi connectivity index (χ3n) is 8.95. The molecule has 44 heavy (non-hydrogen) atoms. The Hall–Kier alpha value is -3.63. The number of nitrogens with zero attached hydrogens (tertiary/aromatic N) is 1. The second kappa shape index (κ2) is 12.0. The van der Waals surface area contributed by atoms with Crippen LogP contribution < -0.4 is 14.2 Å². The van der Waals surface area contributed by atoms with Crippen molar-refractivity contribution < 1.29 is 36.6 Å². The molecule has 0 saturated carbocycles. The summed E-state index contributed by atoms with van der Waals surface area (Å²) in [5.41, 5.74) is 6.50. The fourth-order valence-electron chi connectivity index (χ4n) is 6.89. The highest BCUT2D eigenvalue weighted by Crippen LogP contribution is 2.45. The van der Waals surface area contributed by atoms with Gasteiger partial charge in [0.1, 0.15) is 35.3 Å². The number of benzene rings is 3. The van der Waals surface area contributed by atoms with E-state index in [-0.39, 0.29) is 30.2 Å². The first-order valence-electron chi connectivity index (χ1n) is 15.1. The Labute approximate surface area is 258 Å². The lowest BCUT2D eigenvalue weighted by Gasteiger charge is -2.31. The van der Waals surface area contributed by atoms with Crippen LogP contribution in [0.3, 0.4) is 0 Å². The van der Waals surface area contributed by atoms with Crippen LogP contribution in [-0.4, -0.2) is 57.9 Å². The molecule has 0 bridgehead atoms. The van der Waals surface area contributed by atoms with Gasteiger partial charge in [-0.25, -0.2) is 12.8 Å². The maximum Gasteiger partial charge on any atom is 0.306 e. The molecule has 2 heterocycles. The maximum atomic E-state index is 15.4. The monoisotopic (exact) mass is 623 g/mol. The molecule has 1 saturated heterocycles. The average molecular weight is 624 g/mol. The van der Waals surface area contributed by atoms with Crippen LogP contribution in [-0.2, 0) is 26.0 Å². The first kappa shape index (κ1) is 30.4. The van der Waals surface area contributed by atoms with Crippen molar-refractivity contribution in [3.05, 3.63) is 76.1 Å². The van der Waals surface area contributed by atoms with Crippen molar-refractivity contribution in [1.82, 2.24) is 4.31 Å². The smallest absolute Gasteiger partial charge is 0.306 e. The summed E-state index contributed by atoms with van der Waals surface area (Å²) in [5, 5.41) is 0. The minimum absolute atomic E-state index is 0.0631. The lowest BCUT2D eigenvalue weighted by atomic mass is 9.90. The molecule has 10 heteroatoms. The Morgan fingerprint density at radius 3 is 2.55 bits per heavy atom. The fraction of sp³-hybridized carbons (Fsp3) is 0.441. The van der Waals surface area contributed by atoms with Crippen LogP contribution >= 0.6 is 0 Å². The molecule has 3 atom stereocenters. The van der Waals surface area contributed by atoms with Crippen LogP contribution in [0.4, 0.5) is 4.39 Å². The molecule has 0 N–H and O–H groups in total. The average Bonchev–Trinajstić information content (AvgIpc) is 3.58. The second-order valence-corrected chi connectivity index (χ2v) is 14.0. The zero-order chi connectivity index (χ0) is 31.2. The molecular weight excluding hydrogens is 585 g/mol. The highest BCUT2D eigenvalue weighted by atomic mass is 32.2. The summed E-state index contributed by atoms with van der Waals surface area (Å²) in [6.45, 7) is 5.31. The molecule has 6 rings (SSSR count). The number of ether oxygens (including phenoxy) is 4. The number of hydrogen-bond acceptors (Lipinski definition) is 7. The molecule has 3 aromatic carbocycles. The predicted octanol–water partition coefficient (Wildman–Crippen LogP) is 6.02. The van der Waals surface area contributed by atoms with Gasteiger partial charge in [0.2, 0.25) is 10.0 Å². The van der Waals surface area contributed by atoms with Gasteiger partial charge in [0, 0.05) is 29.7 Å². The number of hydrogen-bond donors (Lipinski definition) is 0. The van der Waals surface area contributed by atoms with Gasteiger partial charge in [0.05, 0.1) is 32.9 Å². The van der Waals surface area contributed by atoms with Crippen molar-refractivity contribution in [3.8, 4) is 28.4 Å². The zero-order valence-corrected chi connectivity index (χ0v) is 26.3. The lowest BCUT2D eigenvalue weighted by molar-refractivity contribution is -0.141. The number of esters is 1. The van der Waals surface area contributed by atoms with E-state index in [0.717, 1.165) is 46.2 Å². The molecule has 2 aliphatic heterocycles. The lowest BCUT2D eigenvalue weighted by Crippen LogP contribution is -2.43. The highest BCUT2D eigenvalue weighted by molar-refractivity contribution is 7.88. The van der Waals surface area contributed by atoms with Crippen molar-refractivity contribution in [1.29, 1.82) is 0 Å². The van der Waals surface area contributed by atoms with E-state index in [0.29, 0.717) is 55.4 Å². The molecule has 0 amide bonds. The van der Waals surface area contributed by atoms with Crippen LogP contribution in [0.15, 0.2) is 42.5 Å². The van der Waals surface area contributed by atoms with E-state index >= 15 is 4.39 Å². The van der Waals surface area contributed by atoms with Gasteiger partial charge in [-0.2, -0.15) is 4.31 Å². The second-order valence-electron chi connectivity index (χ2n) is 12.1. The summed E-state index contributed by atoms with van der Waals surface area (Å²) >= 11 is 0. The number of rotatable bonds is 8. The van der Waals surface area contributed by atoms with Gasteiger partial charge in [-0.05, 0) is 91.6 Å². The van der Waals surface area contributed by atoms with Crippen molar-refractivity contribution in [2.75, 3.05) is 33.1 Å². The van der Waals surface area contributed by atoms with E-state index in [4.69, 9.17) is 18.9 Å². The Morgan fingerprint density at radius 1 is 1.05 bits per heavy atom. The zero-order valence-electron chi connectivity index (χ0n) is 25.5. The highest BCUT2D eigenvalue weighted by Gasteiger charge is 2.33. The number of sulfonamides is 1. The molecule has 1 aliphatic carbocycles. The minimum atomic E-state index is -3.26. The van der Waals surface area contributed by atoms with Gasteiger partial charge in [0.15, 0.2) is 0 Å². The molecule has 0 radical (unpaired) electrons. The molecular formula is C34H38FNO7S. The summed E-state index contributed by atoms with van der Waals surface area (Å²) in [4.78, 5) is 11.8. The van der Waals surface area contributed by atoms with Crippen molar-refractivity contribution in [2.45, 2.75) is 64.1 Å². The Morgan fingerprint density at radius 2 is 1.82 bits per heavy atom. The molecule has 3 aromatic rings. The number of piperidine rings is 1. The van der Waals surface area contributed by atoms with Crippen molar-refractivity contribution in [2.24, 2.45) is 0 Å². The van der Waals surface area contributed by atoms with E-state index in [1.165, 1.54) is 23.7 Å². The third-order valence-corrected chi connectivity index (χ3v) is 10.2. The SMILES string of the molecule is COC(=O)CC1COc2cc(OC3CCc4c(-c5c(C)cc(OC6CCCN(S(C)(=O)=O)C6)cc5C)ccc(F)c43)ccc21. The molecule has 1 fully saturated rings. The summed E-state index contributed by atoms with van der Waals surface area (Å²) in [5.74, 6) is 1.34. The quantitative estimate of drug-likeness (QED) is 0.284. The van der Waals surface area contributed by atoms with Gasteiger partial charge in [-0.15, -0.1) is 0 Å². The third kappa shape index (κ3) is 6.02. The number of aryl methyl sites for hydroxylation is 2. The van der Waals surface area contributed by atoms with Gasteiger partial charge >= 0.3 is 5.97 Å². The summed E-state index contributed by atoms with van der Waals surface area (Å²) in [6, 6.07) is 12.9. The van der Waals surface area contributed by atoms with Crippen molar-refractivity contribution in [3.63, 3.8) is 0 Å². The first-order chi connectivity index (χ1) is 21.0. The van der Waals surface area contributed by atoms with Crippen LogP contribution in [0.1, 0.15) is 65.5 Å². The molecule has 3 aliphatic rings. The van der Waals surface area contributed by atoms with Crippen molar-refractivity contribution >= 4 is 16.0 Å². The topological polar surface area (TPSA) is 91.4 Å². The largest absolute Gasteiger partial charge is 0.492 e. The first-order valence-corrected chi connectivity index (χ1v) is 16.9. The molecule has 0 spiro atoms. The predicted molar refractivity (Wildman–Crippen MR) is 164 cm³/mol. The summed E-state index contributed by atoms with van der Waals surface area (Å²) < 4.78 is 64.2. The normalized spacial score (nSPS) is 21.3. The molecule has 8 nitrogen and oxygen atoms in total. The Bertz CT molecular complexity index is 1680. The van der Waals surface area contributed by atoms with E-state index in [2.05, 4.69) is 0 Å². The number of carbonyl (C=O) groups excluding carboxylic acids is 1. The van der Waals surface area contributed by atoms with Gasteiger partial charge < -0.3 is 18.9 Å². The maximum absolute atomic E-state index is 15.4. The van der Waals surface area contributed by atoms with Gasteiger partial charge in [0.25, 0.3) is 0 Å². The van der Waals surface area contributed by atoms with Gasteiger partial charge in [-0.3, -0.25) is 4.79 Å². The van der Waals surface area contributed by atoms with Crippen LogP contribution in [0, 0.1) is 19.7 Å². The van der Waals surface area contributed by atoms with Crippen LogP contribution in [0.2, 0.25) is 0 Å². The van der Waals surface area contributed by atoms with Gasteiger partial charge in [-0.1, -0.05) is 12.1 Å². The number of methoxy groups -OCH3 is 1. The summed E-state index contributed by atoms with van der Waals surface area (Å²) in [7, 11) is -1.89. The van der Waals surface area contributed by atoms with E-state index in [1.807, 2.05) is 50.2 Å². The van der Waals surface area contributed by atoms with E-state index < -0.39 is 16.1 Å². The van der Waals surface area contributed by atoms with Crippen LogP contribution in [0.5, 0.6) is 17.2 Å². The standard InChI is InChI=1S/C34H38FNO7S/c1-20-14-25(42-24-6-5-13-36(18-24)44(4,38)39)15-21(2)33(20)27-9-11-29(35)34-28(27)10-12-30(34)43-23-7-8-26-22(16-32(37)40-3)19-41-31(26)17-23/h7-9,11,14-15,17,22,24,30H,5-6,10,12-13,16,18-19H2,1-4H3. The van der Waals surface area contributed by atoms with Crippen LogP contribution in [0.25, 0.3) is 11.1 Å². The molecule has 3 unspecified atom stereocenters. The molecule has 234 valence electrons. The summed E-state index contributed by atoms with van der Waals surface area (Å²) in [6.07, 6.45) is 3.71. The molecule has 0 aromatic heterocycles. The fourth-order valence-corrected chi connectivity index (χ4v) is 7.78. The van der Waals surface area contributed by atoms with E-state index in [9.17, 15) is 13.2 Å². The Balaban J connectivity index is 1.22. The number of carbonyl (C=O) groups is 1. The van der Waals surface area contributed by atoms with E-state index in [1.54, 1.807) is 0 Å². The number of halogens is 1. The number of fused-ring (bicyclic) bond motifs is 2.